The van der Waals surface area contributed by atoms with E-state index in [9.17, 15) is 4.79 Å². The Hall–Kier alpha value is -2.20. The highest BCUT2D eigenvalue weighted by molar-refractivity contribution is 6.25. The van der Waals surface area contributed by atoms with Crippen LogP contribution < -0.4 is 4.74 Å². The van der Waals surface area contributed by atoms with Crippen molar-refractivity contribution in [3.63, 3.8) is 0 Å². The third-order valence-corrected chi connectivity index (χ3v) is 3.32. The fourth-order valence-corrected chi connectivity index (χ4v) is 2.24. The maximum absolute atomic E-state index is 10.7. The topological polar surface area (TPSA) is 59.7 Å². The summed E-state index contributed by atoms with van der Waals surface area (Å²) in [6.45, 7) is 0.390. The second kappa shape index (κ2) is 5.06. The maximum Gasteiger partial charge on any atom is 0.311 e. The van der Waals surface area contributed by atoms with E-state index in [0.717, 1.165) is 16.5 Å². The molecule has 20 heavy (non-hydrogen) atoms. The van der Waals surface area contributed by atoms with Gasteiger partial charge in [0, 0.05) is 28.1 Å². The molecule has 0 saturated carbocycles. The zero-order valence-electron chi connectivity index (χ0n) is 10.4. The van der Waals surface area contributed by atoms with Gasteiger partial charge in [-0.3, -0.25) is 4.79 Å². The van der Waals surface area contributed by atoms with Gasteiger partial charge in [-0.25, -0.2) is 0 Å². The van der Waals surface area contributed by atoms with Gasteiger partial charge >= 0.3 is 5.97 Å². The van der Waals surface area contributed by atoms with Crippen LogP contribution in [0.5, 0.6) is 5.75 Å². The molecule has 2 aromatic rings. The molecule has 0 spiro atoms. The predicted octanol–water partition coefficient (Wildman–Crippen LogP) is 3.59. The number of hydrogen-bond acceptors (Lipinski definition) is 3. The van der Waals surface area contributed by atoms with Crippen molar-refractivity contribution in [1.82, 2.24) is 0 Å². The van der Waals surface area contributed by atoms with Gasteiger partial charge in [0.05, 0.1) is 0 Å². The third kappa shape index (κ3) is 2.42. The van der Waals surface area contributed by atoms with Gasteiger partial charge in [0.15, 0.2) is 0 Å². The SMILES string of the molecule is O=C(O)Cc1cc2cc3c(cc2o1)OCC(=CCl)C=C3. The summed E-state index contributed by atoms with van der Waals surface area (Å²) in [4.78, 5) is 10.7. The number of hydrogen-bond donors (Lipinski definition) is 1. The van der Waals surface area contributed by atoms with Crippen molar-refractivity contribution in [2.75, 3.05) is 6.61 Å². The van der Waals surface area contributed by atoms with E-state index in [4.69, 9.17) is 25.9 Å². The summed E-state index contributed by atoms with van der Waals surface area (Å²) in [7, 11) is 0. The highest BCUT2D eigenvalue weighted by atomic mass is 35.5. The minimum atomic E-state index is -0.918. The lowest BCUT2D eigenvalue weighted by Crippen LogP contribution is -1.97. The molecule has 0 fully saturated rings. The maximum atomic E-state index is 10.7. The molecule has 1 aliphatic rings. The van der Waals surface area contributed by atoms with Crippen LogP contribution >= 0.6 is 11.6 Å². The second-order valence-electron chi connectivity index (χ2n) is 4.52. The molecule has 1 aromatic heterocycles. The minimum absolute atomic E-state index is 0.130. The Morgan fingerprint density at radius 1 is 1.35 bits per heavy atom. The molecule has 1 aliphatic heterocycles. The number of furan rings is 1. The van der Waals surface area contributed by atoms with Gasteiger partial charge in [-0.05, 0) is 12.1 Å². The van der Waals surface area contributed by atoms with Gasteiger partial charge in [-0.1, -0.05) is 23.8 Å². The van der Waals surface area contributed by atoms with E-state index < -0.39 is 5.97 Å². The van der Waals surface area contributed by atoms with Crippen LogP contribution in [0.25, 0.3) is 17.0 Å². The summed E-state index contributed by atoms with van der Waals surface area (Å²) in [5.74, 6) is 0.204. The Balaban J connectivity index is 2.04. The molecular weight excluding hydrogens is 280 g/mol. The number of benzene rings is 1. The molecule has 1 aromatic carbocycles. The predicted molar refractivity (Wildman–Crippen MR) is 76.0 cm³/mol. The van der Waals surface area contributed by atoms with Gasteiger partial charge in [-0.15, -0.1) is 0 Å². The normalized spacial score (nSPS) is 15.9. The Morgan fingerprint density at radius 2 is 2.20 bits per heavy atom. The number of carboxylic acid groups (broad SMARTS) is 1. The van der Waals surface area contributed by atoms with Crippen LogP contribution in [0.1, 0.15) is 11.3 Å². The molecule has 0 bridgehead atoms. The average Bonchev–Trinajstić information content (AvgIpc) is 2.66. The Morgan fingerprint density at radius 3 is 2.95 bits per heavy atom. The van der Waals surface area contributed by atoms with E-state index in [2.05, 4.69) is 0 Å². The van der Waals surface area contributed by atoms with Crippen molar-refractivity contribution in [2.24, 2.45) is 0 Å². The van der Waals surface area contributed by atoms with E-state index in [1.54, 1.807) is 12.1 Å². The Labute approximate surface area is 119 Å². The number of ether oxygens (including phenoxy) is 1. The first kappa shape index (κ1) is 12.8. The third-order valence-electron chi connectivity index (χ3n) is 3.04. The lowest BCUT2D eigenvalue weighted by Gasteiger charge is -2.06. The van der Waals surface area contributed by atoms with Gasteiger partial charge in [0.25, 0.3) is 0 Å². The number of halogens is 1. The highest BCUT2D eigenvalue weighted by Crippen LogP contribution is 2.31. The van der Waals surface area contributed by atoms with Crippen LogP contribution in [-0.4, -0.2) is 17.7 Å². The van der Waals surface area contributed by atoms with Crippen LogP contribution in [0, 0.1) is 0 Å². The molecule has 2 heterocycles. The average molecular weight is 291 g/mol. The molecule has 1 N–H and O–H groups in total. The molecule has 3 rings (SSSR count). The molecule has 0 unspecified atom stereocenters. The highest BCUT2D eigenvalue weighted by Gasteiger charge is 2.13. The van der Waals surface area contributed by atoms with Gasteiger partial charge in [-0.2, -0.15) is 0 Å². The summed E-state index contributed by atoms with van der Waals surface area (Å²) in [6, 6.07) is 5.42. The first-order valence-corrected chi connectivity index (χ1v) is 6.48. The molecule has 0 aliphatic carbocycles. The van der Waals surface area contributed by atoms with Gasteiger partial charge in [0.1, 0.15) is 30.1 Å². The van der Waals surface area contributed by atoms with Crippen molar-refractivity contribution in [2.45, 2.75) is 6.42 Å². The monoisotopic (exact) mass is 290 g/mol. The van der Waals surface area contributed by atoms with E-state index in [1.807, 2.05) is 18.2 Å². The molecule has 102 valence electrons. The molecule has 0 saturated heterocycles. The molecule has 0 atom stereocenters. The molecule has 4 nitrogen and oxygen atoms in total. The number of carboxylic acids is 1. The summed E-state index contributed by atoms with van der Waals surface area (Å²) in [6.07, 6.45) is 3.68. The first-order valence-electron chi connectivity index (χ1n) is 6.04. The van der Waals surface area contributed by atoms with Crippen LogP contribution in [0.15, 0.2) is 39.8 Å². The molecular formula is C15H11ClO4. The van der Waals surface area contributed by atoms with E-state index >= 15 is 0 Å². The van der Waals surface area contributed by atoms with Crippen molar-refractivity contribution >= 4 is 34.6 Å². The fourth-order valence-electron chi connectivity index (χ4n) is 2.11. The molecule has 0 radical (unpaired) electrons. The smallest absolute Gasteiger partial charge is 0.311 e. The summed E-state index contributed by atoms with van der Waals surface area (Å²) in [5.41, 5.74) is 3.89. The zero-order valence-corrected chi connectivity index (χ0v) is 11.2. The Bertz CT molecular complexity index is 740. The van der Waals surface area contributed by atoms with Crippen LogP contribution in [0.3, 0.4) is 0 Å². The van der Waals surface area contributed by atoms with Crippen molar-refractivity contribution in [1.29, 1.82) is 0 Å². The van der Waals surface area contributed by atoms with Crippen molar-refractivity contribution in [3.05, 3.63) is 46.7 Å². The summed E-state index contributed by atoms with van der Waals surface area (Å²) < 4.78 is 11.2. The van der Waals surface area contributed by atoms with E-state index in [-0.39, 0.29) is 6.42 Å². The molecule has 0 amide bonds. The molecule has 5 heteroatoms. The van der Waals surface area contributed by atoms with Gasteiger partial charge < -0.3 is 14.3 Å². The summed E-state index contributed by atoms with van der Waals surface area (Å²) in [5, 5.41) is 9.64. The van der Waals surface area contributed by atoms with Gasteiger partial charge in [0.2, 0.25) is 0 Å². The number of aliphatic carboxylic acids is 1. The second-order valence-corrected chi connectivity index (χ2v) is 4.74. The Kier molecular flexibility index (Phi) is 3.24. The van der Waals surface area contributed by atoms with Crippen LogP contribution in [0.2, 0.25) is 0 Å². The lowest BCUT2D eigenvalue weighted by atomic mass is 10.1. The quantitative estimate of drug-likeness (QED) is 0.918. The van der Waals surface area contributed by atoms with E-state index in [1.165, 1.54) is 5.54 Å². The first-order chi connectivity index (χ1) is 9.65. The fraction of sp³-hybridized carbons (Fsp3) is 0.133. The van der Waals surface area contributed by atoms with Crippen LogP contribution in [0.4, 0.5) is 0 Å². The lowest BCUT2D eigenvalue weighted by molar-refractivity contribution is -0.136. The van der Waals surface area contributed by atoms with Crippen molar-refractivity contribution in [3.8, 4) is 5.75 Å². The zero-order chi connectivity index (χ0) is 14.1. The number of rotatable bonds is 2. The summed E-state index contributed by atoms with van der Waals surface area (Å²) >= 11 is 5.68. The largest absolute Gasteiger partial charge is 0.488 e. The number of carbonyl (C=O) groups is 1. The van der Waals surface area contributed by atoms with E-state index in [0.29, 0.717) is 23.7 Å². The van der Waals surface area contributed by atoms with Crippen molar-refractivity contribution < 1.29 is 19.1 Å². The standard InChI is InChI=1S/C15H11ClO4/c16-7-9-1-2-10-3-11-4-12(5-15(17)18)20-14(11)6-13(10)19-8-9/h1-4,6-7H,5,8H2,(H,17,18). The number of fused-ring (bicyclic) bond motifs is 2. The minimum Gasteiger partial charge on any atom is -0.488 e. The van der Waals surface area contributed by atoms with Crippen LogP contribution in [-0.2, 0) is 11.2 Å².